The Kier molecular flexibility index (Phi) is 3.22. The highest BCUT2D eigenvalue weighted by Gasteiger charge is 2.28. The predicted octanol–water partition coefficient (Wildman–Crippen LogP) is 0.852. The van der Waals surface area contributed by atoms with Crippen molar-refractivity contribution in [1.82, 2.24) is 4.98 Å². The van der Waals surface area contributed by atoms with Crippen molar-refractivity contribution in [1.29, 1.82) is 0 Å². The second-order valence-corrected chi connectivity index (χ2v) is 5.24. The molecule has 0 spiro atoms. The number of aromatic carboxylic acids is 1. The Morgan fingerprint density at radius 1 is 1.75 bits per heavy atom. The van der Waals surface area contributed by atoms with E-state index in [1.165, 1.54) is 5.51 Å². The minimum Gasteiger partial charge on any atom is -0.755 e. The van der Waals surface area contributed by atoms with Crippen LogP contribution in [0.3, 0.4) is 0 Å². The van der Waals surface area contributed by atoms with Crippen molar-refractivity contribution in [2.45, 2.75) is 12.8 Å². The molecule has 16 heavy (non-hydrogen) atoms. The zero-order chi connectivity index (χ0) is 11.7. The minimum atomic E-state index is -2.45. The highest BCUT2D eigenvalue weighted by molar-refractivity contribution is 7.81. The quantitative estimate of drug-likeness (QED) is 0.793. The van der Waals surface area contributed by atoms with E-state index in [1.807, 2.05) is 0 Å². The van der Waals surface area contributed by atoms with Crippen LogP contribution < -0.4 is 4.31 Å². The Bertz CT molecular complexity index is 429. The van der Waals surface area contributed by atoms with Crippen molar-refractivity contribution in [3.05, 3.63) is 11.2 Å². The monoisotopic (exact) mass is 261 g/mol. The molecule has 0 aromatic carbocycles. The number of thiazole rings is 1. The van der Waals surface area contributed by atoms with Gasteiger partial charge in [0.1, 0.15) is 5.00 Å². The molecule has 0 aliphatic heterocycles. The van der Waals surface area contributed by atoms with Crippen LogP contribution in [0, 0.1) is 5.92 Å². The van der Waals surface area contributed by atoms with Crippen LogP contribution in [-0.2, 0) is 11.3 Å². The predicted molar refractivity (Wildman–Crippen MR) is 58.1 cm³/mol. The summed E-state index contributed by atoms with van der Waals surface area (Å²) in [4.78, 5) is 14.5. The lowest BCUT2D eigenvalue weighted by Crippen LogP contribution is -2.28. The number of carbonyl (C=O) groups is 1. The van der Waals surface area contributed by atoms with Gasteiger partial charge in [0.25, 0.3) is 0 Å². The van der Waals surface area contributed by atoms with E-state index in [0.717, 1.165) is 28.5 Å². The molecule has 1 aromatic rings. The van der Waals surface area contributed by atoms with Crippen LogP contribution in [0.1, 0.15) is 23.3 Å². The number of nitrogens with zero attached hydrogens (tertiary/aromatic N) is 2. The molecule has 1 N–H and O–H groups in total. The first-order valence-electron chi connectivity index (χ1n) is 4.63. The number of carboxylic acid groups (broad SMARTS) is 1. The molecule has 88 valence electrons. The van der Waals surface area contributed by atoms with Gasteiger partial charge < -0.3 is 9.66 Å². The fourth-order valence-corrected chi connectivity index (χ4v) is 2.88. The van der Waals surface area contributed by atoms with Gasteiger partial charge in [-0.1, -0.05) is 0 Å². The fourth-order valence-electron chi connectivity index (χ4n) is 1.31. The van der Waals surface area contributed by atoms with Gasteiger partial charge in [-0.25, -0.2) is 9.78 Å². The number of anilines is 1. The summed E-state index contributed by atoms with van der Waals surface area (Å²) in [5.74, 6) is -0.857. The van der Waals surface area contributed by atoms with Crippen molar-refractivity contribution in [2.75, 3.05) is 10.8 Å². The second-order valence-electron chi connectivity index (χ2n) is 3.53. The zero-order valence-corrected chi connectivity index (χ0v) is 9.79. The average Bonchev–Trinajstić information content (AvgIpc) is 2.89. The molecule has 2 rings (SSSR count). The summed E-state index contributed by atoms with van der Waals surface area (Å²) in [7, 11) is 0. The van der Waals surface area contributed by atoms with E-state index in [1.54, 1.807) is 0 Å². The van der Waals surface area contributed by atoms with Gasteiger partial charge in [-0.15, -0.1) is 11.3 Å². The first-order chi connectivity index (χ1) is 7.59. The maximum Gasteiger partial charge on any atom is 0.357 e. The number of aromatic nitrogens is 1. The molecule has 1 aromatic heterocycles. The summed E-state index contributed by atoms with van der Waals surface area (Å²) in [6, 6.07) is 0. The second kappa shape index (κ2) is 4.48. The highest BCUT2D eigenvalue weighted by Crippen LogP contribution is 2.34. The number of carboxylic acids is 1. The number of hydrogen-bond acceptors (Lipinski definition) is 5. The molecule has 0 bridgehead atoms. The zero-order valence-electron chi connectivity index (χ0n) is 8.16. The summed E-state index contributed by atoms with van der Waals surface area (Å²) >= 11 is -1.42. The summed E-state index contributed by atoms with van der Waals surface area (Å²) in [6.45, 7) is 0.346. The van der Waals surface area contributed by atoms with Crippen molar-refractivity contribution >= 4 is 33.6 Å². The van der Waals surface area contributed by atoms with Gasteiger partial charge in [0.2, 0.25) is 0 Å². The average molecular weight is 261 g/mol. The lowest BCUT2D eigenvalue weighted by Gasteiger charge is -2.24. The Balaban J connectivity index is 2.26. The summed E-state index contributed by atoms with van der Waals surface area (Å²) < 4.78 is 23.2. The van der Waals surface area contributed by atoms with Gasteiger partial charge in [0.15, 0.2) is 5.69 Å². The van der Waals surface area contributed by atoms with Crippen molar-refractivity contribution < 1.29 is 18.7 Å². The molecule has 1 aliphatic carbocycles. The normalized spacial score (nSPS) is 17.1. The summed E-state index contributed by atoms with van der Waals surface area (Å²) in [6.07, 6.45) is 1.99. The highest BCUT2D eigenvalue weighted by atomic mass is 32.2. The molecule has 1 unspecified atom stereocenters. The molecule has 1 fully saturated rings. The lowest BCUT2D eigenvalue weighted by molar-refractivity contribution is 0.0692. The minimum absolute atomic E-state index is 0.188. The van der Waals surface area contributed by atoms with Crippen LogP contribution in [0.5, 0.6) is 0 Å². The third kappa shape index (κ3) is 2.39. The lowest BCUT2D eigenvalue weighted by atomic mass is 10.4. The molecule has 1 heterocycles. The molecule has 8 heteroatoms. The topological polar surface area (TPSA) is 93.6 Å². The molecule has 0 saturated heterocycles. The standard InChI is InChI=1S/C8H10N2O4S2/c11-8(12)6-7(15-4-9-6)10(16(13)14)3-5-1-2-5/h4-5H,1-3H2,(H,11,12)(H,13,14)/p-1. The molecule has 1 aliphatic rings. The van der Waals surface area contributed by atoms with Crippen LogP contribution in [-0.4, -0.2) is 31.4 Å². The van der Waals surface area contributed by atoms with Gasteiger partial charge in [0, 0.05) is 17.8 Å². The third-order valence-corrected chi connectivity index (χ3v) is 3.93. The van der Waals surface area contributed by atoms with E-state index in [4.69, 9.17) is 5.11 Å². The largest absolute Gasteiger partial charge is 0.755 e. The van der Waals surface area contributed by atoms with Crippen LogP contribution >= 0.6 is 11.3 Å². The molecule has 0 radical (unpaired) electrons. The van der Waals surface area contributed by atoms with Gasteiger partial charge in [-0.2, -0.15) is 0 Å². The fraction of sp³-hybridized carbons (Fsp3) is 0.500. The Morgan fingerprint density at radius 3 is 2.94 bits per heavy atom. The van der Waals surface area contributed by atoms with E-state index in [2.05, 4.69) is 4.98 Å². The summed E-state index contributed by atoms with van der Waals surface area (Å²) in [5, 5.41) is 9.04. The van der Waals surface area contributed by atoms with Crippen LogP contribution in [0.4, 0.5) is 5.00 Å². The number of hydrogen-bond donors (Lipinski definition) is 1. The maximum atomic E-state index is 11.0. The molecule has 0 amide bonds. The molecule has 1 saturated carbocycles. The Labute approximate surface area is 98.3 Å². The van der Waals surface area contributed by atoms with Crippen LogP contribution in [0.15, 0.2) is 5.51 Å². The molecular weight excluding hydrogens is 252 g/mol. The first kappa shape index (κ1) is 11.5. The summed E-state index contributed by atoms with van der Waals surface area (Å²) in [5.41, 5.74) is 1.14. The maximum absolute atomic E-state index is 11.0. The van der Waals surface area contributed by atoms with Gasteiger partial charge in [-0.3, -0.25) is 8.51 Å². The van der Waals surface area contributed by atoms with Crippen LogP contribution in [0.25, 0.3) is 0 Å². The molecular formula is C8H9N2O4S2-. The van der Waals surface area contributed by atoms with Gasteiger partial charge >= 0.3 is 5.97 Å². The van der Waals surface area contributed by atoms with E-state index in [0.29, 0.717) is 12.5 Å². The smallest absolute Gasteiger partial charge is 0.357 e. The van der Waals surface area contributed by atoms with Crippen LogP contribution in [0.2, 0.25) is 0 Å². The third-order valence-electron chi connectivity index (χ3n) is 2.28. The van der Waals surface area contributed by atoms with E-state index in [-0.39, 0.29) is 10.7 Å². The molecule has 6 nitrogen and oxygen atoms in total. The Hall–Kier alpha value is -0.990. The van der Waals surface area contributed by atoms with E-state index < -0.39 is 17.2 Å². The van der Waals surface area contributed by atoms with Crippen molar-refractivity contribution in [3.63, 3.8) is 0 Å². The Morgan fingerprint density at radius 2 is 2.44 bits per heavy atom. The van der Waals surface area contributed by atoms with E-state index >= 15 is 0 Å². The SMILES string of the molecule is O=C(O)c1ncsc1N(CC1CC1)S(=O)[O-]. The number of rotatable bonds is 5. The van der Waals surface area contributed by atoms with Crippen molar-refractivity contribution in [2.24, 2.45) is 5.92 Å². The van der Waals surface area contributed by atoms with E-state index in [9.17, 15) is 13.6 Å². The van der Waals surface area contributed by atoms with Crippen molar-refractivity contribution in [3.8, 4) is 0 Å². The van der Waals surface area contributed by atoms with Gasteiger partial charge in [-0.05, 0) is 18.8 Å². The molecule has 1 atom stereocenters. The van der Waals surface area contributed by atoms with Gasteiger partial charge in [0.05, 0.1) is 5.51 Å². The first-order valence-corrected chi connectivity index (χ1v) is 6.54.